The molecule has 158 valence electrons. The number of halogens is 1. The molecule has 1 saturated heterocycles. The Kier molecular flexibility index (Phi) is 5.97. The van der Waals surface area contributed by atoms with E-state index in [0.717, 1.165) is 24.2 Å². The molecule has 0 radical (unpaired) electrons. The molecule has 6 heteroatoms. The maximum absolute atomic E-state index is 13.1. The molecule has 1 heterocycles. The lowest BCUT2D eigenvalue weighted by molar-refractivity contribution is -0.143. The molecule has 3 atom stereocenters. The van der Waals surface area contributed by atoms with Crippen molar-refractivity contribution < 1.29 is 18.7 Å². The molecule has 30 heavy (non-hydrogen) atoms. The number of piperazine rings is 1. The fourth-order valence-electron chi connectivity index (χ4n) is 4.38. The van der Waals surface area contributed by atoms with Crippen LogP contribution in [0.15, 0.2) is 48.5 Å². The van der Waals surface area contributed by atoms with Crippen LogP contribution in [0.25, 0.3) is 0 Å². The van der Waals surface area contributed by atoms with Crippen LogP contribution in [0.5, 0.6) is 0 Å². The van der Waals surface area contributed by atoms with E-state index in [1.54, 1.807) is 12.1 Å². The van der Waals surface area contributed by atoms with E-state index in [4.69, 9.17) is 4.74 Å². The number of ketones is 1. The number of nitrogens with zero attached hydrogens (tertiary/aromatic N) is 2. The maximum atomic E-state index is 13.1. The summed E-state index contributed by atoms with van der Waals surface area (Å²) in [4.78, 5) is 29.4. The monoisotopic (exact) mass is 410 g/mol. The summed E-state index contributed by atoms with van der Waals surface area (Å²) < 4.78 is 18.9. The molecule has 0 saturated carbocycles. The third-order valence-corrected chi connectivity index (χ3v) is 6.12. The van der Waals surface area contributed by atoms with Crippen molar-refractivity contribution in [1.82, 2.24) is 9.80 Å². The fraction of sp³-hybridized carbons (Fsp3) is 0.417. The molecule has 2 aromatic carbocycles. The van der Waals surface area contributed by atoms with Crippen molar-refractivity contribution in [3.63, 3.8) is 0 Å². The van der Waals surface area contributed by atoms with Gasteiger partial charge in [-0.15, -0.1) is 0 Å². The first-order chi connectivity index (χ1) is 14.4. The molecule has 0 spiro atoms. The van der Waals surface area contributed by atoms with Gasteiger partial charge in [-0.05, 0) is 37.1 Å². The highest BCUT2D eigenvalue weighted by Crippen LogP contribution is 2.24. The van der Waals surface area contributed by atoms with Crippen molar-refractivity contribution in [2.45, 2.75) is 45.0 Å². The summed E-state index contributed by atoms with van der Waals surface area (Å²) in [5.74, 6) is -0.358. The summed E-state index contributed by atoms with van der Waals surface area (Å²) in [7, 11) is 0. The Balaban J connectivity index is 1.31. The number of hydrogen-bond acceptors (Lipinski definition) is 4. The van der Waals surface area contributed by atoms with Crippen molar-refractivity contribution in [3.05, 3.63) is 71.0 Å². The van der Waals surface area contributed by atoms with Crippen LogP contribution in [0, 0.1) is 5.82 Å². The summed E-state index contributed by atoms with van der Waals surface area (Å²) in [6.45, 7) is 6.09. The van der Waals surface area contributed by atoms with E-state index in [2.05, 4.69) is 11.8 Å². The summed E-state index contributed by atoms with van der Waals surface area (Å²) in [5.41, 5.74) is 2.74. The first-order valence-electron chi connectivity index (χ1n) is 10.4. The van der Waals surface area contributed by atoms with Gasteiger partial charge in [0.2, 0.25) is 5.91 Å². The molecular weight excluding hydrogens is 383 g/mol. The molecule has 1 amide bonds. The second-order valence-electron chi connectivity index (χ2n) is 8.33. The smallest absolute Gasteiger partial charge is 0.248 e. The lowest BCUT2D eigenvalue weighted by Crippen LogP contribution is -2.58. The van der Waals surface area contributed by atoms with Gasteiger partial charge in [0, 0.05) is 43.7 Å². The second kappa shape index (κ2) is 8.66. The predicted molar refractivity (Wildman–Crippen MR) is 112 cm³/mol. The number of amides is 1. The van der Waals surface area contributed by atoms with E-state index in [1.165, 1.54) is 12.1 Å². The van der Waals surface area contributed by atoms with Gasteiger partial charge in [0.1, 0.15) is 18.5 Å². The lowest BCUT2D eigenvalue weighted by atomic mass is 10.1. The van der Waals surface area contributed by atoms with Crippen LogP contribution in [0.1, 0.15) is 35.3 Å². The quantitative estimate of drug-likeness (QED) is 0.760. The summed E-state index contributed by atoms with van der Waals surface area (Å²) in [5, 5.41) is 0. The number of Topliss-reactive ketones (excluding diaryl/α,β-unsaturated/α-hetero) is 1. The van der Waals surface area contributed by atoms with E-state index in [9.17, 15) is 14.0 Å². The molecular formula is C24H27FN2O3. The Morgan fingerprint density at radius 2 is 1.80 bits per heavy atom. The van der Waals surface area contributed by atoms with Gasteiger partial charge in [-0.2, -0.15) is 0 Å². The zero-order valence-electron chi connectivity index (χ0n) is 17.4. The third-order valence-electron chi connectivity index (χ3n) is 6.12. The topological polar surface area (TPSA) is 49.9 Å². The molecule has 2 aliphatic rings. The molecule has 4 rings (SSSR count). The number of ether oxygens (including phenoxy) is 1. The summed E-state index contributed by atoms with van der Waals surface area (Å²) in [6.07, 6.45) is -0.0430. The van der Waals surface area contributed by atoms with E-state index in [-0.39, 0.29) is 36.2 Å². The van der Waals surface area contributed by atoms with Gasteiger partial charge in [0.15, 0.2) is 5.78 Å². The van der Waals surface area contributed by atoms with Crippen molar-refractivity contribution >= 4 is 11.7 Å². The van der Waals surface area contributed by atoms with Gasteiger partial charge in [0.05, 0.1) is 0 Å². The average molecular weight is 410 g/mol. The largest absolute Gasteiger partial charge is 0.360 e. The number of fused-ring (bicyclic) bond motifs is 1. The molecule has 1 aliphatic carbocycles. The second-order valence-corrected chi connectivity index (χ2v) is 8.33. The van der Waals surface area contributed by atoms with Crippen LogP contribution in [-0.2, 0) is 22.5 Å². The van der Waals surface area contributed by atoms with E-state index in [0.29, 0.717) is 18.5 Å². The Hall–Kier alpha value is -2.57. The van der Waals surface area contributed by atoms with Gasteiger partial charge < -0.3 is 9.64 Å². The Morgan fingerprint density at radius 3 is 2.53 bits per heavy atom. The van der Waals surface area contributed by atoms with E-state index < -0.39 is 6.10 Å². The average Bonchev–Trinajstić information content (AvgIpc) is 3.06. The molecule has 0 N–H and O–H groups in total. The minimum absolute atomic E-state index is 0.0363. The molecule has 2 aromatic rings. The maximum Gasteiger partial charge on any atom is 0.248 e. The standard InChI is InChI=1S/C24H27FN2O3/c1-16-13-27(17(2)12-26(16)14-18-7-9-20(25)10-8-18)23(28)15-30-22-11-19-5-3-4-6-21(19)24(22)29/h3-10,16-17,22H,11-15H2,1-2H3/t16-,17+,22?/m0/s1. The number of carbonyl (C=O) groups excluding carboxylic acids is 2. The summed E-state index contributed by atoms with van der Waals surface area (Å²) in [6, 6.07) is 14.3. The minimum atomic E-state index is -0.571. The highest BCUT2D eigenvalue weighted by molar-refractivity contribution is 6.04. The molecule has 0 bridgehead atoms. The van der Waals surface area contributed by atoms with Crippen molar-refractivity contribution in [3.8, 4) is 0 Å². The Morgan fingerprint density at radius 1 is 1.07 bits per heavy atom. The normalized spacial score (nSPS) is 24.2. The first-order valence-corrected chi connectivity index (χ1v) is 10.4. The van der Waals surface area contributed by atoms with Gasteiger partial charge in [-0.3, -0.25) is 14.5 Å². The number of rotatable bonds is 5. The van der Waals surface area contributed by atoms with Crippen LogP contribution in [-0.4, -0.2) is 59.4 Å². The van der Waals surface area contributed by atoms with Crippen molar-refractivity contribution in [2.75, 3.05) is 19.7 Å². The Bertz CT molecular complexity index is 930. The number of hydrogen-bond donors (Lipinski definition) is 0. The molecule has 1 unspecified atom stereocenters. The number of benzene rings is 2. The van der Waals surface area contributed by atoms with Crippen LogP contribution < -0.4 is 0 Å². The van der Waals surface area contributed by atoms with Crippen molar-refractivity contribution in [2.24, 2.45) is 0 Å². The highest BCUT2D eigenvalue weighted by atomic mass is 19.1. The zero-order chi connectivity index (χ0) is 21.3. The number of carbonyl (C=O) groups is 2. The van der Waals surface area contributed by atoms with Gasteiger partial charge in [-0.25, -0.2) is 4.39 Å². The fourth-order valence-corrected chi connectivity index (χ4v) is 4.38. The third kappa shape index (κ3) is 4.30. The van der Waals surface area contributed by atoms with Crippen LogP contribution in [0.2, 0.25) is 0 Å². The van der Waals surface area contributed by atoms with E-state index in [1.807, 2.05) is 36.1 Å². The van der Waals surface area contributed by atoms with Crippen LogP contribution in [0.3, 0.4) is 0 Å². The Labute approximate surface area is 176 Å². The van der Waals surface area contributed by atoms with Gasteiger partial charge in [-0.1, -0.05) is 36.4 Å². The van der Waals surface area contributed by atoms with Crippen LogP contribution >= 0.6 is 0 Å². The first kappa shape index (κ1) is 20.7. The molecule has 0 aromatic heterocycles. The van der Waals surface area contributed by atoms with Crippen LogP contribution in [0.4, 0.5) is 4.39 Å². The minimum Gasteiger partial charge on any atom is -0.360 e. The van der Waals surface area contributed by atoms with Gasteiger partial charge in [0.25, 0.3) is 0 Å². The van der Waals surface area contributed by atoms with Crippen molar-refractivity contribution in [1.29, 1.82) is 0 Å². The molecule has 5 nitrogen and oxygen atoms in total. The SMILES string of the molecule is C[C@@H]1CN(Cc2ccc(F)cc2)[C@@H](C)CN1C(=O)COC1Cc2ccccc2C1=O. The van der Waals surface area contributed by atoms with Gasteiger partial charge >= 0.3 is 0 Å². The highest BCUT2D eigenvalue weighted by Gasteiger charge is 2.34. The van der Waals surface area contributed by atoms with E-state index >= 15 is 0 Å². The molecule has 1 fully saturated rings. The lowest BCUT2D eigenvalue weighted by Gasteiger charge is -2.44. The summed E-state index contributed by atoms with van der Waals surface area (Å²) >= 11 is 0. The zero-order valence-corrected chi connectivity index (χ0v) is 17.4. The molecule has 1 aliphatic heterocycles. The predicted octanol–water partition coefficient (Wildman–Crippen LogP) is 3.07.